The summed E-state index contributed by atoms with van der Waals surface area (Å²) >= 11 is 0. The molecular weight excluding hydrogens is 399 g/mol. The number of hydrogen-bond acceptors (Lipinski definition) is 6. The molecule has 8 nitrogen and oxygen atoms in total. The van der Waals surface area contributed by atoms with Gasteiger partial charge in [-0.3, -0.25) is 9.59 Å². The Morgan fingerprint density at radius 3 is 1.19 bits per heavy atom. The number of carbonyl (C=O) groups is 4. The van der Waals surface area contributed by atoms with Crippen LogP contribution in [0.5, 0.6) is 0 Å². The van der Waals surface area contributed by atoms with Crippen molar-refractivity contribution in [3.63, 3.8) is 0 Å². The van der Waals surface area contributed by atoms with E-state index in [0.29, 0.717) is 11.1 Å². The van der Waals surface area contributed by atoms with E-state index in [0.717, 1.165) is 0 Å². The predicted octanol–water partition coefficient (Wildman–Crippen LogP) is -1.67. The zero-order valence-electron chi connectivity index (χ0n) is 14.0. The van der Waals surface area contributed by atoms with Crippen LogP contribution >= 0.6 is 0 Å². The monoisotopic (exact) mass is 414 g/mol. The molecule has 0 spiro atoms. The molecule has 0 atom stereocenters. The van der Waals surface area contributed by atoms with Crippen molar-refractivity contribution < 1.29 is 45.9 Å². The summed E-state index contributed by atoms with van der Waals surface area (Å²) in [6.45, 7) is -0.929. The van der Waals surface area contributed by atoms with Gasteiger partial charge in [0, 0.05) is 11.1 Å². The molecule has 0 saturated carbocycles. The van der Waals surface area contributed by atoms with Crippen molar-refractivity contribution in [3.05, 3.63) is 71.8 Å². The number of aliphatic carboxylic acids is 2. The number of carboxylic acid groups (broad SMARTS) is 2. The standard InChI is InChI=1S/2C9H9NO3.Ni/c2*11-8(12)6-10-9(13)7-4-2-1-3-5-7;/h2*1-5H,6H2,(H,10,13)(H,11,12);/q;;+2/p-2. The Hall–Kier alpha value is -3.19. The van der Waals surface area contributed by atoms with Gasteiger partial charge in [0.1, 0.15) is 0 Å². The maximum Gasteiger partial charge on any atom is 2.00 e. The molecule has 0 aromatic heterocycles. The molecule has 2 aromatic rings. The number of hydrogen-bond donors (Lipinski definition) is 2. The van der Waals surface area contributed by atoms with Crippen molar-refractivity contribution in [1.29, 1.82) is 0 Å². The SMILES string of the molecule is O=C([O-])CNC(=O)c1ccccc1.O=C([O-])CNC(=O)c1ccccc1.[Ni+2]. The maximum absolute atomic E-state index is 11.1. The molecule has 0 unspecified atom stereocenters. The minimum atomic E-state index is -1.30. The zero-order chi connectivity index (χ0) is 19.4. The van der Waals surface area contributed by atoms with Crippen molar-refractivity contribution in [2.24, 2.45) is 0 Å². The number of nitrogens with one attached hydrogen (secondary N) is 2. The number of amides is 2. The fraction of sp³-hybridized carbons (Fsp3) is 0.111. The van der Waals surface area contributed by atoms with Gasteiger partial charge in [0.05, 0.1) is 25.0 Å². The van der Waals surface area contributed by atoms with Crippen LogP contribution in [0.25, 0.3) is 0 Å². The van der Waals surface area contributed by atoms with Crippen LogP contribution in [0.3, 0.4) is 0 Å². The molecule has 0 fully saturated rings. The number of rotatable bonds is 6. The molecule has 144 valence electrons. The van der Waals surface area contributed by atoms with Crippen LogP contribution in [0.2, 0.25) is 0 Å². The van der Waals surface area contributed by atoms with Crippen LogP contribution in [0.1, 0.15) is 20.7 Å². The van der Waals surface area contributed by atoms with E-state index in [-0.39, 0.29) is 16.5 Å². The first kappa shape index (κ1) is 23.8. The largest absolute Gasteiger partial charge is 2.00 e. The summed E-state index contributed by atoms with van der Waals surface area (Å²) in [5, 5.41) is 24.4. The van der Waals surface area contributed by atoms with Crippen molar-refractivity contribution in [2.45, 2.75) is 0 Å². The van der Waals surface area contributed by atoms with Gasteiger partial charge < -0.3 is 30.4 Å². The van der Waals surface area contributed by atoms with Crippen LogP contribution in [0, 0.1) is 0 Å². The molecule has 0 aliphatic rings. The fourth-order valence-electron chi connectivity index (χ4n) is 1.69. The van der Waals surface area contributed by atoms with Gasteiger partial charge >= 0.3 is 16.5 Å². The van der Waals surface area contributed by atoms with E-state index in [1.807, 2.05) is 0 Å². The Balaban J connectivity index is 0.000000483. The normalized spacial score (nSPS) is 8.89. The minimum Gasteiger partial charge on any atom is -0.548 e. The average Bonchev–Trinajstić information content (AvgIpc) is 2.66. The second-order valence-corrected chi connectivity index (χ2v) is 4.84. The van der Waals surface area contributed by atoms with Crippen LogP contribution in [-0.2, 0) is 26.1 Å². The van der Waals surface area contributed by atoms with E-state index in [2.05, 4.69) is 10.6 Å². The van der Waals surface area contributed by atoms with Crippen molar-refractivity contribution in [1.82, 2.24) is 10.6 Å². The molecular formula is C18H16N2NiO6. The Morgan fingerprint density at radius 2 is 0.926 bits per heavy atom. The third-order valence-corrected chi connectivity index (χ3v) is 2.86. The Bertz CT molecular complexity index is 687. The number of benzene rings is 2. The van der Waals surface area contributed by atoms with Crippen LogP contribution in [-0.4, -0.2) is 36.8 Å². The van der Waals surface area contributed by atoms with Gasteiger partial charge in [-0.05, 0) is 24.3 Å². The maximum atomic E-state index is 11.1. The molecule has 2 rings (SSSR count). The van der Waals surface area contributed by atoms with E-state index < -0.39 is 36.8 Å². The number of carboxylic acids is 2. The summed E-state index contributed by atoms with van der Waals surface area (Å²) in [6, 6.07) is 16.8. The summed E-state index contributed by atoms with van der Waals surface area (Å²) in [7, 11) is 0. The van der Waals surface area contributed by atoms with E-state index in [1.54, 1.807) is 60.7 Å². The van der Waals surface area contributed by atoms with Crippen molar-refractivity contribution >= 4 is 23.8 Å². The minimum absolute atomic E-state index is 0. The van der Waals surface area contributed by atoms with Gasteiger partial charge in [0.25, 0.3) is 11.8 Å². The van der Waals surface area contributed by atoms with Crippen LogP contribution in [0.4, 0.5) is 0 Å². The first-order chi connectivity index (χ1) is 12.4. The Kier molecular flexibility index (Phi) is 11.5. The average molecular weight is 415 g/mol. The number of carbonyl (C=O) groups excluding carboxylic acids is 4. The topological polar surface area (TPSA) is 138 Å². The van der Waals surface area contributed by atoms with Gasteiger partial charge in [0.2, 0.25) is 0 Å². The summed E-state index contributed by atoms with van der Waals surface area (Å²) in [4.78, 5) is 42.3. The first-order valence-electron chi connectivity index (χ1n) is 7.46. The summed E-state index contributed by atoms with van der Waals surface area (Å²) in [5.74, 6) is -3.43. The molecule has 2 N–H and O–H groups in total. The molecule has 0 saturated heterocycles. The molecule has 0 heterocycles. The van der Waals surface area contributed by atoms with E-state index in [9.17, 15) is 29.4 Å². The molecule has 0 bridgehead atoms. The fourth-order valence-corrected chi connectivity index (χ4v) is 1.69. The molecule has 27 heavy (non-hydrogen) atoms. The van der Waals surface area contributed by atoms with Gasteiger partial charge in [-0.15, -0.1) is 0 Å². The first-order valence-corrected chi connectivity index (χ1v) is 7.46. The molecule has 2 amide bonds. The predicted molar refractivity (Wildman–Crippen MR) is 87.6 cm³/mol. The summed E-state index contributed by atoms with van der Waals surface area (Å²) < 4.78 is 0. The molecule has 0 aliphatic carbocycles. The third-order valence-electron chi connectivity index (χ3n) is 2.86. The van der Waals surface area contributed by atoms with Crippen LogP contribution < -0.4 is 20.8 Å². The summed E-state index contributed by atoms with van der Waals surface area (Å²) in [6.07, 6.45) is 0. The van der Waals surface area contributed by atoms with Gasteiger partial charge in [-0.2, -0.15) is 0 Å². The molecule has 9 heteroatoms. The van der Waals surface area contributed by atoms with E-state index >= 15 is 0 Å². The van der Waals surface area contributed by atoms with Crippen LogP contribution in [0.15, 0.2) is 60.7 Å². The van der Waals surface area contributed by atoms with E-state index in [1.165, 1.54) is 0 Å². The second kappa shape index (κ2) is 13.1. The smallest absolute Gasteiger partial charge is 0.548 e. The van der Waals surface area contributed by atoms with Crippen molar-refractivity contribution in [2.75, 3.05) is 13.1 Å². The van der Waals surface area contributed by atoms with Gasteiger partial charge in [-0.1, -0.05) is 36.4 Å². The van der Waals surface area contributed by atoms with Crippen molar-refractivity contribution in [3.8, 4) is 0 Å². The Morgan fingerprint density at radius 1 is 0.630 bits per heavy atom. The van der Waals surface area contributed by atoms with E-state index in [4.69, 9.17) is 0 Å². The van der Waals surface area contributed by atoms with Gasteiger partial charge in [-0.25, -0.2) is 0 Å². The second-order valence-electron chi connectivity index (χ2n) is 4.84. The third kappa shape index (κ3) is 10.4. The zero-order valence-corrected chi connectivity index (χ0v) is 14.9. The van der Waals surface area contributed by atoms with Gasteiger partial charge in [0.15, 0.2) is 0 Å². The summed E-state index contributed by atoms with van der Waals surface area (Å²) in [5.41, 5.74) is 0.868. The molecule has 0 radical (unpaired) electrons. The Labute approximate surface area is 165 Å². The molecule has 0 aliphatic heterocycles. The molecule has 2 aromatic carbocycles. The quantitative estimate of drug-likeness (QED) is 0.542.